The van der Waals surface area contributed by atoms with Gasteiger partial charge in [0.1, 0.15) is 0 Å². The van der Waals surface area contributed by atoms with E-state index in [1.165, 1.54) is 0 Å². The molecule has 1 aromatic rings. The van der Waals surface area contributed by atoms with Gasteiger partial charge in [0.15, 0.2) is 0 Å². The largest absolute Gasteiger partial charge is 0.328 e. The summed E-state index contributed by atoms with van der Waals surface area (Å²) in [6, 6.07) is 6.31. The number of nitrogens with one attached hydrogen (secondary N) is 1. The molecule has 0 aromatic heterocycles. The summed E-state index contributed by atoms with van der Waals surface area (Å²) in [6.07, 6.45) is 4.30. The first-order valence-electron chi connectivity index (χ1n) is 7.29. The van der Waals surface area contributed by atoms with E-state index in [0.717, 1.165) is 25.7 Å². The predicted molar refractivity (Wildman–Crippen MR) is 85.8 cm³/mol. The van der Waals surface area contributed by atoms with E-state index >= 15 is 0 Å². The Balaban J connectivity index is 1.60. The second kappa shape index (κ2) is 6.13. The van der Waals surface area contributed by atoms with E-state index in [4.69, 9.17) is 28.9 Å². The lowest BCUT2D eigenvalue weighted by molar-refractivity contribution is -0.118. The highest BCUT2D eigenvalue weighted by atomic mass is 35.5. The van der Waals surface area contributed by atoms with Crippen LogP contribution in [0.5, 0.6) is 0 Å². The van der Waals surface area contributed by atoms with Crippen molar-refractivity contribution in [3.63, 3.8) is 0 Å². The van der Waals surface area contributed by atoms with Crippen LogP contribution in [-0.4, -0.2) is 35.5 Å². The molecule has 2 unspecified atom stereocenters. The van der Waals surface area contributed by atoms with Crippen LogP contribution in [0.25, 0.3) is 0 Å². The molecule has 2 aliphatic heterocycles. The smallest absolute Gasteiger partial charge is 0.238 e. The first kappa shape index (κ1) is 15.1. The van der Waals surface area contributed by atoms with Gasteiger partial charge in [0.2, 0.25) is 5.91 Å². The Morgan fingerprint density at radius 1 is 1.24 bits per heavy atom. The highest BCUT2D eigenvalue weighted by Crippen LogP contribution is 2.34. The third kappa shape index (κ3) is 3.34. The van der Waals surface area contributed by atoms with Gasteiger partial charge in [-0.05, 0) is 43.9 Å². The van der Waals surface area contributed by atoms with Crippen molar-refractivity contribution in [2.24, 2.45) is 5.73 Å². The fourth-order valence-electron chi connectivity index (χ4n) is 3.51. The summed E-state index contributed by atoms with van der Waals surface area (Å²) in [5, 5.41) is 3.81. The van der Waals surface area contributed by atoms with Gasteiger partial charge in [-0.15, -0.1) is 0 Å². The Hall–Kier alpha value is -0.810. The summed E-state index contributed by atoms with van der Waals surface area (Å²) in [6.45, 7) is 0.419. The SMILES string of the molecule is NC1CC2CCC(C1)N2CC(=O)Nc1ccc(Cl)c(Cl)c1. The highest BCUT2D eigenvalue weighted by Gasteiger charge is 2.40. The van der Waals surface area contributed by atoms with Crippen LogP contribution in [0.2, 0.25) is 10.0 Å². The summed E-state index contributed by atoms with van der Waals surface area (Å²) in [5.74, 6) is -0.0132. The van der Waals surface area contributed by atoms with Crippen LogP contribution in [0, 0.1) is 0 Å². The van der Waals surface area contributed by atoms with Crippen molar-refractivity contribution < 1.29 is 4.79 Å². The third-order valence-electron chi connectivity index (χ3n) is 4.45. The van der Waals surface area contributed by atoms with E-state index in [0.29, 0.717) is 34.4 Å². The van der Waals surface area contributed by atoms with E-state index in [-0.39, 0.29) is 11.9 Å². The molecule has 4 nitrogen and oxygen atoms in total. The highest BCUT2D eigenvalue weighted by molar-refractivity contribution is 6.42. The second-order valence-corrected chi connectivity index (χ2v) is 6.78. The number of carbonyl (C=O) groups excluding carboxylic acids is 1. The van der Waals surface area contributed by atoms with Crippen molar-refractivity contribution >= 4 is 34.8 Å². The number of amides is 1. The normalized spacial score (nSPS) is 28.6. The summed E-state index contributed by atoms with van der Waals surface area (Å²) < 4.78 is 0. The molecule has 114 valence electrons. The molecule has 2 saturated heterocycles. The standard InChI is InChI=1S/C15H19Cl2N3O/c16-13-4-1-10(7-14(13)17)19-15(21)8-20-11-2-3-12(20)6-9(18)5-11/h1,4,7,9,11-12H,2-3,5-6,8,18H2,(H,19,21). The van der Waals surface area contributed by atoms with E-state index in [1.807, 2.05) is 0 Å². The molecular formula is C15H19Cl2N3O. The lowest BCUT2D eigenvalue weighted by Crippen LogP contribution is -2.49. The molecule has 6 heteroatoms. The second-order valence-electron chi connectivity index (χ2n) is 5.97. The zero-order valence-electron chi connectivity index (χ0n) is 11.7. The first-order chi connectivity index (χ1) is 10.0. The molecule has 1 aromatic carbocycles. The molecule has 0 saturated carbocycles. The Kier molecular flexibility index (Phi) is 4.41. The third-order valence-corrected chi connectivity index (χ3v) is 5.19. The number of halogens is 2. The molecule has 2 fully saturated rings. The van der Waals surface area contributed by atoms with E-state index in [9.17, 15) is 4.79 Å². The summed E-state index contributed by atoms with van der Waals surface area (Å²) in [7, 11) is 0. The average molecular weight is 328 g/mol. The topological polar surface area (TPSA) is 58.4 Å². The predicted octanol–water partition coefficient (Wildman–Crippen LogP) is 2.89. The molecule has 21 heavy (non-hydrogen) atoms. The Morgan fingerprint density at radius 2 is 1.90 bits per heavy atom. The van der Waals surface area contributed by atoms with Gasteiger partial charge in [-0.2, -0.15) is 0 Å². The molecule has 1 amide bonds. The number of hydrogen-bond acceptors (Lipinski definition) is 3. The Bertz CT molecular complexity index is 538. The van der Waals surface area contributed by atoms with Gasteiger partial charge in [-0.3, -0.25) is 9.69 Å². The zero-order chi connectivity index (χ0) is 15.0. The molecule has 2 heterocycles. The molecule has 2 aliphatic rings. The quantitative estimate of drug-likeness (QED) is 0.897. The van der Waals surface area contributed by atoms with Gasteiger partial charge in [0, 0.05) is 23.8 Å². The number of rotatable bonds is 3. The number of benzene rings is 1. The Morgan fingerprint density at radius 3 is 2.52 bits per heavy atom. The number of anilines is 1. The van der Waals surface area contributed by atoms with Gasteiger partial charge in [0.25, 0.3) is 0 Å². The van der Waals surface area contributed by atoms with Crippen molar-refractivity contribution in [3.8, 4) is 0 Å². The first-order valence-corrected chi connectivity index (χ1v) is 8.05. The number of nitrogens with zero attached hydrogens (tertiary/aromatic N) is 1. The van der Waals surface area contributed by atoms with Crippen LogP contribution in [0.1, 0.15) is 25.7 Å². The van der Waals surface area contributed by atoms with Crippen molar-refractivity contribution in [3.05, 3.63) is 28.2 Å². The van der Waals surface area contributed by atoms with Gasteiger partial charge in [-0.25, -0.2) is 0 Å². The van der Waals surface area contributed by atoms with Gasteiger partial charge in [-0.1, -0.05) is 23.2 Å². The number of fused-ring (bicyclic) bond motifs is 2. The zero-order valence-corrected chi connectivity index (χ0v) is 13.2. The van der Waals surface area contributed by atoms with Gasteiger partial charge in [0.05, 0.1) is 16.6 Å². The molecule has 0 aliphatic carbocycles. The minimum atomic E-state index is -0.0132. The van der Waals surface area contributed by atoms with Crippen LogP contribution < -0.4 is 11.1 Å². The van der Waals surface area contributed by atoms with Crippen LogP contribution in [0.15, 0.2) is 18.2 Å². The van der Waals surface area contributed by atoms with E-state index < -0.39 is 0 Å². The number of piperidine rings is 1. The van der Waals surface area contributed by atoms with Crippen LogP contribution >= 0.6 is 23.2 Å². The maximum atomic E-state index is 12.2. The molecule has 0 spiro atoms. The Labute approximate surface area is 134 Å². The molecular weight excluding hydrogens is 309 g/mol. The number of carbonyl (C=O) groups is 1. The summed E-state index contributed by atoms with van der Waals surface area (Å²) in [5.41, 5.74) is 6.72. The maximum Gasteiger partial charge on any atom is 0.238 e. The summed E-state index contributed by atoms with van der Waals surface area (Å²) in [4.78, 5) is 14.5. The summed E-state index contributed by atoms with van der Waals surface area (Å²) >= 11 is 11.8. The van der Waals surface area contributed by atoms with Crippen molar-refractivity contribution in [1.29, 1.82) is 0 Å². The molecule has 0 radical (unpaired) electrons. The fraction of sp³-hybridized carbons (Fsp3) is 0.533. The van der Waals surface area contributed by atoms with Crippen LogP contribution in [-0.2, 0) is 4.79 Å². The lowest BCUT2D eigenvalue weighted by Gasteiger charge is -2.37. The maximum absolute atomic E-state index is 12.2. The van der Waals surface area contributed by atoms with Crippen LogP contribution in [0.3, 0.4) is 0 Å². The molecule has 3 rings (SSSR count). The van der Waals surface area contributed by atoms with Crippen molar-refractivity contribution in [1.82, 2.24) is 4.90 Å². The van der Waals surface area contributed by atoms with E-state index in [1.54, 1.807) is 18.2 Å². The van der Waals surface area contributed by atoms with Gasteiger partial charge < -0.3 is 11.1 Å². The van der Waals surface area contributed by atoms with Crippen molar-refractivity contribution in [2.75, 3.05) is 11.9 Å². The minimum absolute atomic E-state index is 0.0132. The number of hydrogen-bond donors (Lipinski definition) is 2. The van der Waals surface area contributed by atoms with Crippen LogP contribution in [0.4, 0.5) is 5.69 Å². The minimum Gasteiger partial charge on any atom is -0.328 e. The monoisotopic (exact) mass is 327 g/mol. The average Bonchev–Trinajstić information content (AvgIpc) is 2.67. The van der Waals surface area contributed by atoms with Crippen molar-refractivity contribution in [2.45, 2.75) is 43.8 Å². The lowest BCUT2D eigenvalue weighted by atomic mass is 9.98. The number of nitrogens with two attached hydrogens (primary N) is 1. The molecule has 2 bridgehead atoms. The molecule has 3 N–H and O–H groups in total. The van der Waals surface area contributed by atoms with E-state index in [2.05, 4.69) is 10.2 Å². The van der Waals surface area contributed by atoms with Gasteiger partial charge >= 0.3 is 0 Å². The molecule has 2 atom stereocenters. The fourth-order valence-corrected chi connectivity index (χ4v) is 3.81.